The molecule has 2 rings (SSSR count). The monoisotopic (exact) mass is 215 g/mol. The number of nitriles is 1. The van der Waals surface area contributed by atoms with Gasteiger partial charge in [0.2, 0.25) is 0 Å². The molecule has 0 heterocycles. The molecule has 1 aliphatic carbocycles. The number of benzene rings is 1. The second kappa shape index (κ2) is 4.05. The minimum atomic E-state index is 0.183. The Balaban J connectivity index is 2.19. The first-order chi connectivity index (χ1) is 7.63. The number of hydrogen-bond donors (Lipinski definition) is 2. The molecule has 0 amide bonds. The lowest BCUT2D eigenvalue weighted by molar-refractivity contribution is 0.533. The maximum Gasteiger partial charge on any atom is 0.101 e. The second-order valence-electron chi connectivity index (χ2n) is 4.81. The Bertz CT molecular complexity index is 425. The molecule has 1 aromatic carbocycles. The van der Waals surface area contributed by atoms with E-state index in [0.29, 0.717) is 11.3 Å². The van der Waals surface area contributed by atoms with Crippen molar-refractivity contribution in [3.63, 3.8) is 0 Å². The molecular weight excluding hydrogens is 198 g/mol. The molecule has 84 valence electrons. The van der Waals surface area contributed by atoms with Crippen molar-refractivity contribution in [1.82, 2.24) is 0 Å². The van der Waals surface area contributed by atoms with E-state index >= 15 is 0 Å². The predicted molar refractivity (Wildman–Crippen MR) is 66.1 cm³/mol. The Kier molecular flexibility index (Phi) is 2.74. The second-order valence-corrected chi connectivity index (χ2v) is 4.81. The van der Waals surface area contributed by atoms with E-state index in [1.54, 1.807) is 6.07 Å². The minimum Gasteiger partial charge on any atom is -0.398 e. The van der Waals surface area contributed by atoms with Gasteiger partial charge in [0.15, 0.2) is 0 Å². The maximum absolute atomic E-state index is 8.91. The minimum absolute atomic E-state index is 0.183. The van der Waals surface area contributed by atoms with Crippen LogP contribution >= 0.6 is 0 Å². The molecule has 16 heavy (non-hydrogen) atoms. The van der Waals surface area contributed by atoms with E-state index in [4.69, 9.17) is 11.0 Å². The summed E-state index contributed by atoms with van der Waals surface area (Å²) in [6.07, 6.45) is 4.95. The molecule has 0 saturated heterocycles. The van der Waals surface area contributed by atoms with Crippen molar-refractivity contribution in [2.24, 2.45) is 0 Å². The van der Waals surface area contributed by atoms with E-state index in [0.717, 1.165) is 5.69 Å². The largest absolute Gasteiger partial charge is 0.398 e. The molecule has 0 atom stereocenters. The van der Waals surface area contributed by atoms with Crippen LogP contribution in [0.4, 0.5) is 11.4 Å². The quantitative estimate of drug-likeness (QED) is 0.746. The fourth-order valence-corrected chi connectivity index (χ4v) is 2.36. The SMILES string of the molecule is CC1(Nc2ccc(N)c(C#N)c2)CCCC1. The van der Waals surface area contributed by atoms with Crippen molar-refractivity contribution in [1.29, 1.82) is 5.26 Å². The Morgan fingerprint density at radius 1 is 1.38 bits per heavy atom. The van der Waals surface area contributed by atoms with Gasteiger partial charge >= 0.3 is 0 Å². The molecular formula is C13H17N3. The van der Waals surface area contributed by atoms with Crippen molar-refractivity contribution in [2.75, 3.05) is 11.1 Å². The van der Waals surface area contributed by atoms with Gasteiger partial charge in [-0.1, -0.05) is 12.8 Å². The van der Waals surface area contributed by atoms with Gasteiger partial charge in [-0.15, -0.1) is 0 Å². The van der Waals surface area contributed by atoms with E-state index in [9.17, 15) is 0 Å². The van der Waals surface area contributed by atoms with Crippen LogP contribution in [0.1, 0.15) is 38.2 Å². The van der Waals surface area contributed by atoms with Crippen LogP contribution in [0.3, 0.4) is 0 Å². The first-order valence-electron chi connectivity index (χ1n) is 5.71. The molecule has 1 aromatic rings. The van der Waals surface area contributed by atoms with Crippen LogP contribution in [0.2, 0.25) is 0 Å². The summed E-state index contributed by atoms with van der Waals surface area (Å²) in [6.45, 7) is 2.24. The molecule has 1 aliphatic rings. The molecule has 0 aromatic heterocycles. The average molecular weight is 215 g/mol. The zero-order chi connectivity index (χ0) is 11.6. The summed E-state index contributed by atoms with van der Waals surface area (Å²) in [5, 5.41) is 12.4. The third-order valence-corrected chi connectivity index (χ3v) is 3.33. The number of nitrogens with zero attached hydrogens (tertiary/aromatic N) is 1. The summed E-state index contributed by atoms with van der Waals surface area (Å²) in [4.78, 5) is 0. The lowest BCUT2D eigenvalue weighted by atomic mass is 10.00. The average Bonchev–Trinajstić information content (AvgIpc) is 2.68. The third kappa shape index (κ3) is 2.11. The Morgan fingerprint density at radius 2 is 2.06 bits per heavy atom. The summed E-state index contributed by atoms with van der Waals surface area (Å²) in [7, 11) is 0. The van der Waals surface area contributed by atoms with Crippen LogP contribution in [-0.4, -0.2) is 5.54 Å². The summed E-state index contributed by atoms with van der Waals surface area (Å²) in [6, 6.07) is 7.68. The maximum atomic E-state index is 8.91. The van der Waals surface area contributed by atoms with Crippen LogP contribution in [0.25, 0.3) is 0 Å². The highest BCUT2D eigenvalue weighted by atomic mass is 15.0. The van der Waals surface area contributed by atoms with Gasteiger partial charge in [-0.25, -0.2) is 0 Å². The van der Waals surface area contributed by atoms with Crippen LogP contribution in [-0.2, 0) is 0 Å². The van der Waals surface area contributed by atoms with Crippen molar-refractivity contribution in [2.45, 2.75) is 38.1 Å². The lowest BCUT2D eigenvalue weighted by Gasteiger charge is -2.26. The molecule has 0 radical (unpaired) electrons. The zero-order valence-corrected chi connectivity index (χ0v) is 9.59. The first-order valence-corrected chi connectivity index (χ1v) is 5.71. The van der Waals surface area contributed by atoms with Crippen molar-refractivity contribution < 1.29 is 0 Å². The Hall–Kier alpha value is -1.69. The molecule has 1 saturated carbocycles. The molecule has 1 fully saturated rings. The van der Waals surface area contributed by atoms with Crippen molar-refractivity contribution in [3.05, 3.63) is 23.8 Å². The van der Waals surface area contributed by atoms with Crippen LogP contribution in [0.15, 0.2) is 18.2 Å². The van der Waals surface area contributed by atoms with Gasteiger partial charge in [0.1, 0.15) is 6.07 Å². The van der Waals surface area contributed by atoms with E-state index in [1.165, 1.54) is 25.7 Å². The highest BCUT2D eigenvalue weighted by Gasteiger charge is 2.28. The van der Waals surface area contributed by atoms with Crippen molar-refractivity contribution in [3.8, 4) is 6.07 Å². The zero-order valence-electron chi connectivity index (χ0n) is 9.59. The van der Waals surface area contributed by atoms with Gasteiger partial charge in [-0.3, -0.25) is 0 Å². The van der Waals surface area contributed by atoms with Gasteiger partial charge < -0.3 is 11.1 Å². The first kappa shape index (κ1) is 10.8. The lowest BCUT2D eigenvalue weighted by Crippen LogP contribution is -2.30. The predicted octanol–water partition coefficient (Wildman–Crippen LogP) is 2.89. The van der Waals surface area contributed by atoms with E-state index in [1.807, 2.05) is 12.1 Å². The number of hydrogen-bond acceptors (Lipinski definition) is 3. The van der Waals surface area contributed by atoms with E-state index in [2.05, 4.69) is 18.3 Å². The van der Waals surface area contributed by atoms with Crippen LogP contribution in [0, 0.1) is 11.3 Å². The molecule has 0 unspecified atom stereocenters. The standard InChI is InChI=1S/C13H17N3/c1-13(6-2-3-7-13)16-11-4-5-12(15)10(8-11)9-14/h4-5,8,16H,2-3,6-7,15H2,1H3. The summed E-state index contributed by atoms with van der Waals surface area (Å²) in [5.74, 6) is 0. The number of anilines is 2. The van der Waals surface area contributed by atoms with Crippen LogP contribution in [0.5, 0.6) is 0 Å². The molecule has 0 spiro atoms. The van der Waals surface area contributed by atoms with Gasteiger partial charge in [0, 0.05) is 16.9 Å². The molecule has 0 aliphatic heterocycles. The smallest absolute Gasteiger partial charge is 0.101 e. The third-order valence-electron chi connectivity index (χ3n) is 3.33. The topological polar surface area (TPSA) is 61.8 Å². The summed E-state index contributed by atoms with van der Waals surface area (Å²) < 4.78 is 0. The fraction of sp³-hybridized carbons (Fsp3) is 0.462. The number of nitrogens with one attached hydrogen (secondary N) is 1. The van der Waals surface area contributed by atoms with Gasteiger partial charge in [-0.2, -0.15) is 5.26 Å². The molecule has 0 bridgehead atoms. The summed E-state index contributed by atoms with van der Waals surface area (Å²) >= 11 is 0. The molecule has 3 N–H and O–H groups in total. The number of rotatable bonds is 2. The number of nitrogen functional groups attached to an aromatic ring is 1. The normalized spacial score (nSPS) is 18.0. The van der Waals surface area contributed by atoms with E-state index < -0.39 is 0 Å². The molecule has 3 nitrogen and oxygen atoms in total. The Morgan fingerprint density at radius 3 is 2.69 bits per heavy atom. The summed E-state index contributed by atoms with van der Waals surface area (Å²) in [5.41, 5.74) is 7.96. The highest BCUT2D eigenvalue weighted by Crippen LogP contribution is 2.33. The Labute approximate surface area is 96.3 Å². The number of nitrogens with two attached hydrogens (primary N) is 1. The van der Waals surface area contributed by atoms with Gasteiger partial charge in [0.05, 0.1) is 5.56 Å². The van der Waals surface area contributed by atoms with E-state index in [-0.39, 0.29) is 5.54 Å². The van der Waals surface area contributed by atoms with Gasteiger partial charge in [0.25, 0.3) is 0 Å². The highest BCUT2D eigenvalue weighted by molar-refractivity contribution is 5.62. The van der Waals surface area contributed by atoms with Gasteiger partial charge in [-0.05, 0) is 38.0 Å². The van der Waals surface area contributed by atoms with Crippen LogP contribution < -0.4 is 11.1 Å². The van der Waals surface area contributed by atoms with Crippen molar-refractivity contribution >= 4 is 11.4 Å². The molecule has 3 heteroatoms. The fourth-order valence-electron chi connectivity index (χ4n) is 2.36.